The molecule has 1 atom stereocenters. The van der Waals surface area contributed by atoms with E-state index in [9.17, 15) is 9.59 Å². The maximum Gasteiger partial charge on any atom is 0.251 e. The highest BCUT2D eigenvalue weighted by molar-refractivity contribution is 6.04. The average molecular weight is 577 g/mol. The second-order valence-corrected chi connectivity index (χ2v) is 12.2. The van der Waals surface area contributed by atoms with Crippen molar-refractivity contribution in [2.75, 3.05) is 62.0 Å². The number of carbonyl (C=O) groups is 2. The van der Waals surface area contributed by atoms with E-state index in [1.54, 1.807) is 37.4 Å². The Balaban J connectivity index is 1.13. The summed E-state index contributed by atoms with van der Waals surface area (Å²) in [4.78, 5) is 42.0. The van der Waals surface area contributed by atoms with Crippen LogP contribution >= 0.6 is 0 Å². The Morgan fingerprint density at radius 1 is 1.14 bits per heavy atom. The Bertz CT molecular complexity index is 1290. The van der Waals surface area contributed by atoms with Crippen molar-refractivity contribution in [1.82, 2.24) is 25.5 Å². The van der Waals surface area contributed by atoms with Gasteiger partial charge in [0.1, 0.15) is 17.5 Å². The first-order valence-electron chi connectivity index (χ1n) is 15.6. The van der Waals surface area contributed by atoms with Crippen LogP contribution in [0.15, 0.2) is 24.4 Å². The minimum Gasteiger partial charge on any atom is -0.495 e. The molecule has 2 amide bonds. The summed E-state index contributed by atoms with van der Waals surface area (Å²) in [7, 11) is 3.39. The second kappa shape index (κ2) is 12.4. The standard InChI is InChI=1S/C31H44N8O3/c1-4-25-30(41)37(2)26-16-33-31(36-28(26)39(25)23-7-5-6-8-23)35-24-10-9-21(15-27(24)42-3)29(40)34-22-18-38(19-22)17-20-11-13-32-14-12-20/h9-10,15-16,20,22-23,25,32H,4-8,11-14,17-19H2,1-3H3,(H,34,40)(H,33,35,36)/t25-/m1/s1. The van der Waals surface area contributed by atoms with Crippen molar-refractivity contribution in [2.24, 2.45) is 5.92 Å². The monoisotopic (exact) mass is 576 g/mol. The fraction of sp³-hybridized carbons (Fsp3) is 0.613. The highest BCUT2D eigenvalue weighted by Gasteiger charge is 2.41. The largest absolute Gasteiger partial charge is 0.495 e. The van der Waals surface area contributed by atoms with Crippen molar-refractivity contribution in [2.45, 2.75) is 70.0 Å². The van der Waals surface area contributed by atoms with Crippen molar-refractivity contribution in [3.8, 4) is 5.75 Å². The lowest BCUT2D eigenvalue weighted by Crippen LogP contribution is -2.60. The lowest BCUT2D eigenvalue weighted by atomic mass is 9.95. The lowest BCUT2D eigenvalue weighted by Gasteiger charge is -2.43. The fourth-order valence-corrected chi connectivity index (χ4v) is 7.01. The zero-order chi connectivity index (χ0) is 29.2. The Morgan fingerprint density at radius 3 is 2.62 bits per heavy atom. The van der Waals surface area contributed by atoms with Crippen LogP contribution in [0.1, 0.15) is 62.2 Å². The van der Waals surface area contributed by atoms with E-state index in [-0.39, 0.29) is 23.9 Å². The van der Waals surface area contributed by atoms with E-state index in [2.05, 4.69) is 37.7 Å². The molecule has 4 heterocycles. The van der Waals surface area contributed by atoms with E-state index in [0.29, 0.717) is 29.0 Å². The number of piperidine rings is 1. The van der Waals surface area contributed by atoms with Gasteiger partial charge in [-0.15, -0.1) is 0 Å². The first-order chi connectivity index (χ1) is 20.4. The van der Waals surface area contributed by atoms with E-state index in [1.807, 2.05) is 6.07 Å². The number of anilines is 4. The van der Waals surface area contributed by atoms with Crippen LogP contribution in [0.2, 0.25) is 0 Å². The molecule has 1 aromatic heterocycles. The number of likely N-dealkylation sites (tertiary alicyclic amines) is 1. The first kappa shape index (κ1) is 28.7. The number of rotatable bonds is 9. The van der Waals surface area contributed by atoms with Crippen LogP contribution in [-0.2, 0) is 4.79 Å². The summed E-state index contributed by atoms with van der Waals surface area (Å²) in [5.74, 6) is 2.51. The molecule has 0 bridgehead atoms. The first-order valence-corrected chi connectivity index (χ1v) is 15.6. The second-order valence-electron chi connectivity index (χ2n) is 12.2. The predicted octanol–water partition coefficient (Wildman–Crippen LogP) is 3.15. The molecule has 11 heteroatoms. The van der Waals surface area contributed by atoms with Gasteiger partial charge in [0.05, 0.1) is 25.0 Å². The topological polar surface area (TPSA) is 115 Å². The van der Waals surface area contributed by atoms with Gasteiger partial charge in [0, 0.05) is 38.3 Å². The van der Waals surface area contributed by atoms with E-state index in [1.165, 1.54) is 25.7 Å². The maximum absolute atomic E-state index is 13.2. The van der Waals surface area contributed by atoms with Crippen molar-refractivity contribution >= 4 is 35.0 Å². The van der Waals surface area contributed by atoms with Crippen LogP contribution in [0.3, 0.4) is 0 Å². The number of aromatic nitrogens is 2. The molecule has 6 rings (SSSR count). The average Bonchev–Trinajstić information content (AvgIpc) is 3.53. The Morgan fingerprint density at radius 2 is 1.90 bits per heavy atom. The van der Waals surface area contributed by atoms with Crippen LogP contribution < -0.4 is 30.5 Å². The summed E-state index contributed by atoms with van der Waals surface area (Å²) in [5, 5.41) is 9.89. The van der Waals surface area contributed by atoms with Crippen LogP contribution in [0.25, 0.3) is 0 Å². The van der Waals surface area contributed by atoms with Crippen molar-refractivity contribution in [3.63, 3.8) is 0 Å². The Kier molecular flexibility index (Phi) is 8.48. The third-order valence-electron chi connectivity index (χ3n) is 9.39. The number of nitrogens with zero attached hydrogens (tertiary/aromatic N) is 5. The molecule has 0 radical (unpaired) electrons. The minimum absolute atomic E-state index is 0.0909. The van der Waals surface area contributed by atoms with Gasteiger partial charge in [-0.25, -0.2) is 4.98 Å². The summed E-state index contributed by atoms with van der Waals surface area (Å²) in [5.41, 5.74) is 1.95. The Hall–Kier alpha value is -3.44. The van der Waals surface area contributed by atoms with Crippen LogP contribution in [0.5, 0.6) is 5.75 Å². The van der Waals surface area contributed by atoms with Crippen LogP contribution in [0, 0.1) is 5.92 Å². The van der Waals surface area contributed by atoms with Crippen molar-refractivity contribution in [1.29, 1.82) is 0 Å². The van der Waals surface area contributed by atoms with Crippen molar-refractivity contribution < 1.29 is 14.3 Å². The summed E-state index contributed by atoms with van der Waals surface area (Å²) < 4.78 is 5.66. The molecule has 1 aromatic carbocycles. The number of fused-ring (bicyclic) bond motifs is 1. The van der Waals surface area contributed by atoms with Crippen LogP contribution in [-0.4, -0.2) is 91.7 Å². The van der Waals surface area contributed by atoms with Gasteiger partial charge in [-0.05, 0) is 69.3 Å². The molecule has 2 saturated heterocycles. The number of nitrogens with one attached hydrogen (secondary N) is 3. The van der Waals surface area contributed by atoms with Gasteiger partial charge in [0.25, 0.3) is 5.91 Å². The van der Waals surface area contributed by atoms with Gasteiger partial charge in [0.2, 0.25) is 11.9 Å². The lowest BCUT2D eigenvalue weighted by molar-refractivity contribution is -0.120. The zero-order valence-corrected chi connectivity index (χ0v) is 25.1. The number of likely N-dealkylation sites (N-methyl/N-ethyl adjacent to an activating group) is 1. The van der Waals surface area contributed by atoms with Crippen LogP contribution in [0.4, 0.5) is 23.1 Å². The van der Waals surface area contributed by atoms with Gasteiger partial charge in [-0.1, -0.05) is 19.8 Å². The molecule has 3 fully saturated rings. The molecule has 1 saturated carbocycles. The highest BCUT2D eigenvalue weighted by atomic mass is 16.5. The number of hydrogen-bond donors (Lipinski definition) is 3. The van der Waals surface area contributed by atoms with E-state index in [0.717, 1.165) is 69.4 Å². The van der Waals surface area contributed by atoms with Gasteiger partial charge in [-0.2, -0.15) is 4.98 Å². The normalized spacial score (nSPS) is 22.2. The van der Waals surface area contributed by atoms with Gasteiger partial charge in [0.15, 0.2) is 5.82 Å². The van der Waals surface area contributed by atoms with Gasteiger partial charge in [-0.3, -0.25) is 14.5 Å². The highest BCUT2D eigenvalue weighted by Crippen LogP contribution is 2.40. The molecular formula is C31H44N8O3. The molecule has 4 aliphatic rings. The minimum atomic E-state index is -0.229. The van der Waals surface area contributed by atoms with E-state index in [4.69, 9.17) is 9.72 Å². The summed E-state index contributed by atoms with van der Waals surface area (Å²) in [6.45, 7) is 7.21. The zero-order valence-electron chi connectivity index (χ0n) is 25.1. The molecule has 1 aliphatic carbocycles. The number of hydrogen-bond acceptors (Lipinski definition) is 9. The Labute approximate surface area is 248 Å². The molecule has 226 valence electrons. The van der Waals surface area contributed by atoms with Gasteiger partial charge < -0.3 is 30.5 Å². The predicted molar refractivity (Wildman–Crippen MR) is 164 cm³/mol. The number of methoxy groups -OCH3 is 1. The quantitative estimate of drug-likeness (QED) is 0.414. The van der Waals surface area contributed by atoms with Gasteiger partial charge >= 0.3 is 0 Å². The fourth-order valence-electron chi connectivity index (χ4n) is 7.01. The summed E-state index contributed by atoms with van der Waals surface area (Å²) in [6.07, 6.45) is 9.38. The smallest absolute Gasteiger partial charge is 0.251 e. The number of ether oxygens (including phenoxy) is 1. The number of amides is 2. The third-order valence-corrected chi connectivity index (χ3v) is 9.39. The summed E-state index contributed by atoms with van der Waals surface area (Å²) >= 11 is 0. The van der Waals surface area contributed by atoms with Crippen molar-refractivity contribution in [3.05, 3.63) is 30.0 Å². The SMILES string of the molecule is CC[C@@H]1C(=O)N(C)c2cnc(Nc3ccc(C(=O)NC4CN(CC5CCNCC5)C4)cc3OC)nc2N1C1CCCC1. The molecule has 42 heavy (non-hydrogen) atoms. The molecule has 0 unspecified atom stereocenters. The third kappa shape index (κ3) is 5.76. The molecule has 11 nitrogen and oxygen atoms in total. The molecule has 3 aliphatic heterocycles. The maximum atomic E-state index is 13.2. The molecule has 2 aromatic rings. The van der Waals surface area contributed by atoms with E-state index >= 15 is 0 Å². The molecular weight excluding hydrogens is 532 g/mol. The molecule has 0 spiro atoms. The number of benzene rings is 1. The summed E-state index contributed by atoms with van der Waals surface area (Å²) in [6, 6.07) is 5.63. The number of carbonyl (C=O) groups excluding carboxylic acids is 2. The molecule has 3 N–H and O–H groups in total. The van der Waals surface area contributed by atoms with E-state index < -0.39 is 0 Å².